The molecule has 27 heavy (non-hydrogen) atoms. The average molecular weight is 359 g/mol. The fourth-order valence-corrected chi connectivity index (χ4v) is 3.87. The minimum Gasteiger partial charge on any atom is -0.496 e. The number of hydrogen-bond donors (Lipinski definition) is 0. The van der Waals surface area contributed by atoms with Crippen LogP contribution in [0.1, 0.15) is 30.0 Å². The molecule has 1 aliphatic rings. The minimum atomic E-state index is 0.468. The molecule has 138 valence electrons. The number of benzene rings is 1. The van der Waals surface area contributed by atoms with Crippen molar-refractivity contribution in [2.45, 2.75) is 25.3 Å². The Balaban J connectivity index is 1.53. The molecule has 0 spiro atoms. The summed E-state index contributed by atoms with van der Waals surface area (Å²) in [6.45, 7) is 3.17. The molecule has 3 aromatic rings. The summed E-state index contributed by atoms with van der Waals surface area (Å²) in [4.78, 5) is 11.6. The van der Waals surface area contributed by atoms with Crippen molar-refractivity contribution in [3.8, 4) is 17.0 Å². The lowest BCUT2D eigenvalue weighted by molar-refractivity contribution is 0.198. The SMILES string of the molecule is COc1ccccc1-c1cccc([C@H]2CCCN(Cc3ccncc3)C2)n1. The van der Waals surface area contributed by atoms with Gasteiger partial charge in [0.25, 0.3) is 0 Å². The fraction of sp³-hybridized carbons (Fsp3) is 0.304. The van der Waals surface area contributed by atoms with Gasteiger partial charge in [0, 0.05) is 42.7 Å². The van der Waals surface area contributed by atoms with Gasteiger partial charge in [-0.2, -0.15) is 0 Å². The van der Waals surface area contributed by atoms with Crippen LogP contribution in [0, 0.1) is 0 Å². The molecule has 0 unspecified atom stereocenters. The van der Waals surface area contributed by atoms with Crippen molar-refractivity contribution in [3.63, 3.8) is 0 Å². The molecule has 1 aromatic carbocycles. The topological polar surface area (TPSA) is 38.2 Å². The Morgan fingerprint density at radius 3 is 2.74 bits per heavy atom. The standard InChI is InChI=1S/C23H25N3O/c1-27-23-10-3-2-7-20(23)22-9-4-8-21(25-22)19-6-5-15-26(17-19)16-18-11-13-24-14-12-18/h2-4,7-14,19H,5-6,15-17H2,1H3/t19-/m0/s1. The summed E-state index contributed by atoms with van der Waals surface area (Å²) in [6.07, 6.45) is 6.13. The van der Waals surface area contributed by atoms with E-state index < -0.39 is 0 Å². The zero-order chi connectivity index (χ0) is 18.5. The van der Waals surface area contributed by atoms with Crippen LogP contribution in [0.25, 0.3) is 11.3 Å². The molecule has 3 heterocycles. The summed E-state index contributed by atoms with van der Waals surface area (Å²) < 4.78 is 5.52. The first-order valence-corrected chi connectivity index (χ1v) is 9.55. The number of methoxy groups -OCH3 is 1. The van der Waals surface area contributed by atoms with Crippen LogP contribution in [0.3, 0.4) is 0 Å². The summed E-state index contributed by atoms with van der Waals surface area (Å²) in [7, 11) is 1.71. The zero-order valence-corrected chi connectivity index (χ0v) is 15.7. The molecule has 4 rings (SSSR count). The number of aromatic nitrogens is 2. The van der Waals surface area contributed by atoms with Crippen LogP contribution in [0.4, 0.5) is 0 Å². The molecule has 1 fully saturated rings. The van der Waals surface area contributed by atoms with Gasteiger partial charge in [-0.15, -0.1) is 0 Å². The summed E-state index contributed by atoms with van der Waals surface area (Å²) >= 11 is 0. The second-order valence-corrected chi connectivity index (χ2v) is 7.08. The molecule has 4 nitrogen and oxygen atoms in total. The molecule has 1 aliphatic heterocycles. The lowest BCUT2D eigenvalue weighted by atomic mass is 9.93. The van der Waals surface area contributed by atoms with Gasteiger partial charge in [0.2, 0.25) is 0 Å². The molecule has 0 saturated carbocycles. The first-order valence-electron chi connectivity index (χ1n) is 9.55. The first kappa shape index (κ1) is 17.7. The number of likely N-dealkylation sites (tertiary alicyclic amines) is 1. The van der Waals surface area contributed by atoms with Gasteiger partial charge < -0.3 is 4.74 Å². The Morgan fingerprint density at radius 1 is 1.04 bits per heavy atom. The van der Waals surface area contributed by atoms with Gasteiger partial charge in [0.1, 0.15) is 5.75 Å². The minimum absolute atomic E-state index is 0.468. The van der Waals surface area contributed by atoms with E-state index in [1.807, 2.05) is 30.6 Å². The highest BCUT2D eigenvalue weighted by Gasteiger charge is 2.23. The highest BCUT2D eigenvalue weighted by molar-refractivity contribution is 5.67. The number of piperidine rings is 1. The summed E-state index contributed by atoms with van der Waals surface area (Å²) in [5, 5.41) is 0. The molecule has 2 aromatic heterocycles. The van der Waals surface area contributed by atoms with Crippen molar-refractivity contribution in [1.82, 2.24) is 14.9 Å². The molecule has 0 radical (unpaired) electrons. The van der Waals surface area contributed by atoms with Crippen molar-refractivity contribution >= 4 is 0 Å². The number of para-hydroxylation sites is 1. The molecular formula is C23H25N3O. The van der Waals surface area contributed by atoms with Gasteiger partial charge >= 0.3 is 0 Å². The number of pyridine rings is 2. The third-order valence-electron chi connectivity index (χ3n) is 5.23. The quantitative estimate of drug-likeness (QED) is 0.671. The summed E-state index contributed by atoms with van der Waals surface area (Å²) in [5.74, 6) is 1.33. The second-order valence-electron chi connectivity index (χ2n) is 7.08. The van der Waals surface area contributed by atoms with Crippen molar-refractivity contribution in [1.29, 1.82) is 0 Å². The largest absolute Gasteiger partial charge is 0.496 e. The molecule has 4 heteroatoms. The maximum atomic E-state index is 5.52. The molecule has 1 atom stereocenters. The second kappa shape index (κ2) is 8.31. The Hall–Kier alpha value is -2.72. The van der Waals surface area contributed by atoms with Crippen LogP contribution in [0.15, 0.2) is 67.0 Å². The number of hydrogen-bond acceptors (Lipinski definition) is 4. The van der Waals surface area contributed by atoms with Gasteiger partial charge in [0.15, 0.2) is 0 Å². The maximum Gasteiger partial charge on any atom is 0.128 e. The van der Waals surface area contributed by atoms with Crippen molar-refractivity contribution in [2.24, 2.45) is 0 Å². The maximum absolute atomic E-state index is 5.52. The lowest BCUT2D eigenvalue weighted by Gasteiger charge is -2.32. The van der Waals surface area contributed by atoms with Gasteiger partial charge in [-0.25, -0.2) is 0 Å². The van der Waals surface area contributed by atoms with E-state index in [0.717, 1.165) is 36.6 Å². The van der Waals surface area contributed by atoms with E-state index in [2.05, 4.69) is 46.3 Å². The Morgan fingerprint density at radius 2 is 1.89 bits per heavy atom. The Bertz CT molecular complexity index is 882. The fourth-order valence-electron chi connectivity index (χ4n) is 3.87. The summed E-state index contributed by atoms with van der Waals surface area (Å²) in [6, 6.07) is 18.6. The van der Waals surface area contributed by atoms with Crippen LogP contribution >= 0.6 is 0 Å². The number of nitrogens with zero attached hydrogens (tertiary/aromatic N) is 3. The number of ether oxygens (including phenoxy) is 1. The van der Waals surface area contributed by atoms with Gasteiger partial charge in [0.05, 0.1) is 12.8 Å². The molecule has 0 N–H and O–H groups in total. The van der Waals surface area contributed by atoms with E-state index in [9.17, 15) is 0 Å². The molecule has 0 bridgehead atoms. The zero-order valence-electron chi connectivity index (χ0n) is 15.7. The molecule has 1 saturated heterocycles. The smallest absolute Gasteiger partial charge is 0.128 e. The van der Waals surface area contributed by atoms with Gasteiger partial charge in [-0.05, 0) is 61.3 Å². The van der Waals surface area contributed by atoms with Crippen LogP contribution in [-0.2, 0) is 6.54 Å². The molecular weight excluding hydrogens is 334 g/mol. The highest BCUT2D eigenvalue weighted by atomic mass is 16.5. The van der Waals surface area contributed by atoms with E-state index in [0.29, 0.717) is 5.92 Å². The van der Waals surface area contributed by atoms with E-state index in [-0.39, 0.29) is 0 Å². The molecule has 0 amide bonds. The Labute approximate surface area is 160 Å². The third kappa shape index (κ3) is 4.17. The number of rotatable bonds is 5. The molecule has 0 aliphatic carbocycles. The highest BCUT2D eigenvalue weighted by Crippen LogP contribution is 2.31. The first-order chi connectivity index (χ1) is 13.3. The van der Waals surface area contributed by atoms with E-state index in [4.69, 9.17) is 9.72 Å². The van der Waals surface area contributed by atoms with Gasteiger partial charge in [-0.3, -0.25) is 14.9 Å². The average Bonchev–Trinajstić information content (AvgIpc) is 2.75. The van der Waals surface area contributed by atoms with Crippen LogP contribution in [0.2, 0.25) is 0 Å². The van der Waals surface area contributed by atoms with Crippen molar-refractivity contribution < 1.29 is 4.74 Å². The van der Waals surface area contributed by atoms with Crippen LogP contribution in [0.5, 0.6) is 5.75 Å². The van der Waals surface area contributed by atoms with E-state index in [1.165, 1.54) is 24.1 Å². The van der Waals surface area contributed by atoms with E-state index >= 15 is 0 Å². The van der Waals surface area contributed by atoms with Crippen LogP contribution < -0.4 is 4.74 Å². The third-order valence-corrected chi connectivity index (χ3v) is 5.23. The predicted octanol–water partition coefficient (Wildman–Crippen LogP) is 4.53. The van der Waals surface area contributed by atoms with Crippen molar-refractivity contribution in [2.75, 3.05) is 20.2 Å². The lowest BCUT2D eigenvalue weighted by Crippen LogP contribution is -2.34. The van der Waals surface area contributed by atoms with E-state index in [1.54, 1.807) is 7.11 Å². The normalized spacial score (nSPS) is 17.6. The summed E-state index contributed by atoms with van der Waals surface area (Å²) in [5.41, 5.74) is 4.53. The predicted molar refractivity (Wildman–Crippen MR) is 108 cm³/mol. The van der Waals surface area contributed by atoms with Crippen LogP contribution in [-0.4, -0.2) is 35.1 Å². The van der Waals surface area contributed by atoms with Gasteiger partial charge in [-0.1, -0.05) is 18.2 Å². The monoisotopic (exact) mass is 359 g/mol. The Kier molecular flexibility index (Phi) is 5.45. The van der Waals surface area contributed by atoms with Crippen molar-refractivity contribution in [3.05, 3.63) is 78.2 Å².